The van der Waals surface area contributed by atoms with E-state index in [2.05, 4.69) is 58.7 Å². The zero-order valence-electron chi connectivity index (χ0n) is 12.9. The van der Waals surface area contributed by atoms with E-state index in [9.17, 15) is 0 Å². The summed E-state index contributed by atoms with van der Waals surface area (Å²) in [5.41, 5.74) is 7.73. The largest absolute Gasteiger partial charge is 0.155 e. The molecule has 0 bridgehead atoms. The number of benzene rings is 3. The maximum Gasteiger partial charge on any atom is 0.101 e. The summed E-state index contributed by atoms with van der Waals surface area (Å²) in [6.07, 6.45) is 0. The van der Waals surface area contributed by atoms with Crippen LogP contribution in [0.4, 0.5) is 0 Å². The van der Waals surface area contributed by atoms with Gasteiger partial charge in [0.15, 0.2) is 0 Å². The molecule has 0 unspecified atom stereocenters. The Morgan fingerprint density at radius 1 is 0.609 bits per heavy atom. The Kier molecular flexibility index (Phi) is 3.35. The van der Waals surface area contributed by atoms with Gasteiger partial charge in [-0.3, -0.25) is 0 Å². The van der Waals surface area contributed by atoms with Crippen LogP contribution in [0.25, 0.3) is 11.1 Å². The van der Waals surface area contributed by atoms with Gasteiger partial charge in [0.05, 0.1) is 5.71 Å². The van der Waals surface area contributed by atoms with Gasteiger partial charge in [0.25, 0.3) is 0 Å². The first kappa shape index (κ1) is 13.6. The number of hydrogen-bond acceptors (Lipinski definition) is 2. The molecule has 0 atom stereocenters. The van der Waals surface area contributed by atoms with Gasteiger partial charge in [-0.05, 0) is 23.6 Å². The van der Waals surface area contributed by atoms with Gasteiger partial charge in [-0.2, -0.15) is 5.10 Å². The van der Waals surface area contributed by atoms with E-state index in [1.807, 2.05) is 37.3 Å². The highest BCUT2D eigenvalue weighted by atomic mass is 15.2. The molecule has 1 aliphatic carbocycles. The monoisotopic (exact) mass is 296 g/mol. The molecule has 4 rings (SSSR count). The number of hydrogen-bond donors (Lipinski definition) is 0. The average Bonchev–Trinajstić information content (AvgIpc) is 2.94. The fourth-order valence-corrected chi connectivity index (χ4v) is 2.96. The SMILES string of the molecule is CC(=NN=C1c2ccccc2-c2ccccc21)c1ccccc1. The molecule has 3 aromatic carbocycles. The molecule has 1 aliphatic rings. The average molecular weight is 296 g/mol. The molecule has 0 radical (unpaired) electrons. The van der Waals surface area contributed by atoms with Gasteiger partial charge < -0.3 is 0 Å². The van der Waals surface area contributed by atoms with Crippen LogP contribution in [0.3, 0.4) is 0 Å². The fraction of sp³-hybridized carbons (Fsp3) is 0.0476. The molecule has 23 heavy (non-hydrogen) atoms. The highest BCUT2D eigenvalue weighted by molar-refractivity contribution is 6.24. The lowest BCUT2D eigenvalue weighted by Gasteiger charge is -2.00. The molecule has 2 heteroatoms. The lowest BCUT2D eigenvalue weighted by atomic mass is 10.1. The third-order valence-corrected chi connectivity index (χ3v) is 4.15. The van der Waals surface area contributed by atoms with Crippen molar-refractivity contribution >= 4 is 11.4 Å². The Morgan fingerprint density at radius 2 is 1.09 bits per heavy atom. The van der Waals surface area contributed by atoms with Crippen LogP contribution in [0.15, 0.2) is 89.1 Å². The van der Waals surface area contributed by atoms with Gasteiger partial charge in [-0.25, -0.2) is 0 Å². The number of rotatable bonds is 2. The molecule has 0 aromatic heterocycles. The van der Waals surface area contributed by atoms with Crippen LogP contribution in [0.1, 0.15) is 23.6 Å². The van der Waals surface area contributed by atoms with E-state index in [-0.39, 0.29) is 0 Å². The zero-order chi connectivity index (χ0) is 15.6. The summed E-state index contributed by atoms with van der Waals surface area (Å²) in [6, 6.07) is 26.9. The Labute approximate surface area is 135 Å². The second-order valence-corrected chi connectivity index (χ2v) is 5.59. The van der Waals surface area contributed by atoms with Gasteiger partial charge in [0.1, 0.15) is 5.71 Å². The van der Waals surface area contributed by atoms with Crippen molar-refractivity contribution in [3.63, 3.8) is 0 Å². The molecule has 0 N–H and O–H groups in total. The molecule has 0 amide bonds. The summed E-state index contributed by atoms with van der Waals surface area (Å²) in [5.74, 6) is 0. The van der Waals surface area contributed by atoms with Crippen LogP contribution in [0.2, 0.25) is 0 Å². The van der Waals surface area contributed by atoms with Crippen LogP contribution in [-0.2, 0) is 0 Å². The maximum absolute atomic E-state index is 4.59. The standard InChI is InChI=1S/C21H16N2/c1-15(16-9-3-2-4-10-16)22-23-21-19-13-7-5-11-17(19)18-12-6-8-14-20(18)21/h2-14H,1H3. The van der Waals surface area contributed by atoms with Crippen molar-refractivity contribution in [3.8, 4) is 11.1 Å². The normalized spacial score (nSPS) is 12.7. The van der Waals surface area contributed by atoms with Crippen LogP contribution in [0, 0.1) is 0 Å². The Balaban J connectivity index is 1.83. The van der Waals surface area contributed by atoms with Crippen molar-refractivity contribution in [2.45, 2.75) is 6.92 Å². The Morgan fingerprint density at radius 3 is 1.65 bits per heavy atom. The van der Waals surface area contributed by atoms with Gasteiger partial charge in [-0.15, -0.1) is 5.10 Å². The van der Waals surface area contributed by atoms with E-state index < -0.39 is 0 Å². The van der Waals surface area contributed by atoms with E-state index in [0.717, 1.165) is 28.1 Å². The second-order valence-electron chi connectivity index (χ2n) is 5.59. The van der Waals surface area contributed by atoms with Crippen LogP contribution in [-0.4, -0.2) is 11.4 Å². The topological polar surface area (TPSA) is 24.7 Å². The molecule has 3 aromatic rings. The smallest absolute Gasteiger partial charge is 0.101 e. The van der Waals surface area contributed by atoms with Gasteiger partial charge >= 0.3 is 0 Å². The first-order valence-electron chi connectivity index (χ1n) is 7.71. The van der Waals surface area contributed by atoms with E-state index >= 15 is 0 Å². The van der Waals surface area contributed by atoms with Crippen molar-refractivity contribution in [1.82, 2.24) is 0 Å². The van der Waals surface area contributed by atoms with Gasteiger partial charge in [0.2, 0.25) is 0 Å². The second kappa shape index (κ2) is 5.65. The van der Waals surface area contributed by atoms with Gasteiger partial charge in [-0.1, -0.05) is 78.9 Å². The molecule has 2 nitrogen and oxygen atoms in total. The highest BCUT2D eigenvalue weighted by Crippen LogP contribution is 2.36. The Hall–Kier alpha value is -3.00. The lowest BCUT2D eigenvalue weighted by Crippen LogP contribution is -1.99. The summed E-state index contributed by atoms with van der Waals surface area (Å²) in [4.78, 5) is 0. The first-order chi connectivity index (χ1) is 11.3. The summed E-state index contributed by atoms with van der Waals surface area (Å²) in [5, 5.41) is 9.07. The molecular weight excluding hydrogens is 280 g/mol. The molecule has 0 fully saturated rings. The van der Waals surface area contributed by atoms with Crippen LogP contribution >= 0.6 is 0 Å². The minimum Gasteiger partial charge on any atom is -0.155 e. The minimum atomic E-state index is 0.917. The van der Waals surface area contributed by atoms with Crippen LogP contribution < -0.4 is 0 Å². The summed E-state index contributed by atoms with van der Waals surface area (Å²) >= 11 is 0. The predicted molar refractivity (Wildman–Crippen MR) is 96.2 cm³/mol. The molecule has 0 saturated heterocycles. The third-order valence-electron chi connectivity index (χ3n) is 4.15. The Bertz CT molecular complexity index is 874. The molecule has 0 heterocycles. The van der Waals surface area contributed by atoms with Crippen molar-refractivity contribution < 1.29 is 0 Å². The van der Waals surface area contributed by atoms with Crippen LogP contribution in [0.5, 0.6) is 0 Å². The van der Waals surface area contributed by atoms with Crippen molar-refractivity contribution in [1.29, 1.82) is 0 Å². The number of nitrogens with zero attached hydrogens (tertiary/aromatic N) is 2. The van der Waals surface area contributed by atoms with E-state index in [1.54, 1.807) is 0 Å². The maximum atomic E-state index is 4.59. The molecule has 0 aliphatic heterocycles. The molecule has 110 valence electrons. The fourth-order valence-electron chi connectivity index (χ4n) is 2.96. The summed E-state index contributed by atoms with van der Waals surface area (Å²) in [6.45, 7) is 1.99. The third kappa shape index (κ3) is 2.38. The summed E-state index contributed by atoms with van der Waals surface area (Å²) < 4.78 is 0. The van der Waals surface area contributed by atoms with E-state index in [4.69, 9.17) is 0 Å². The first-order valence-corrected chi connectivity index (χ1v) is 7.71. The minimum absolute atomic E-state index is 0.917. The predicted octanol–water partition coefficient (Wildman–Crippen LogP) is 4.93. The molecule has 0 spiro atoms. The van der Waals surface area contributed by atoms with Crippen molar-refractivity contribution in [3.05, 3.63) is 95.6 Å². The lowest BCUT2D eigenvalue weighted by molar-refractivity contribution is 1.22. The van der Waals surface area contributed by atoms with Crippen molar-refractivity contribution in [2.24, 2.45) is 10.2 Å². The van der Waals surface area contributed by atoms with Crippen molar-refractivity contribution in [2.75, 3.05) is 0 Å². The van der Waals surface area contributed by atoms with Gasteiger partial charge in [0, 0.05) is 11.1 Å². The summed E-state index contributed by atoms with van der Waals surface area (Å²) in [7, 11) is 0. The highest BCUT2D eigenvalue weighted by Gasteiger charge is 2.23. The quantitative estimate of drug-likeness (QED) is 0.370. The number of fused-ring (bicyclic) bond motifs is 3. The van der Waals surface area contributed by atoms with E-state index in [0.29, 0.717) is 0 Å². The molecular formula is C21H16N2. The molecule has 0 saturated carbocycles. The van der Waals surface area contributed by atoms with E-state index in [1.165, 1.54) is 11.1 Å². The zero-order valence-corrected chi connectivity index (χ0v) is 12.9.